The van der Waals surface area contributed by atoms with Crippen LogP contribution >= 0.6 is 0 Å². The van der Waals surface area contributed by atoms with Crippen LogP contribution < -0.4 is 5.32 Å². The summed E-state index contributed by atoms with van der Waals surface area (Å²) in [5.41, 5.74) is 0. The van der Waals surface area contributed by atoms with Crippen LogP contribution in [0.15, 0.2) is 12.3 Å². The molecule has 1 aromatic rings. The molecule has 5 nitrogen and oxygen atoms in total. The number of carbonyl (C=O) groups excluding carboxylic acids is 1. The smallest absolute Gasteiger partial charge is 0.412 e. The van der Waals surface area contributed by atoms with E-state index in [9.17, 15) is 4.79 Å². The number of amides is 1. The minimum absolute atomic E-state index is 0.356. The Kier molecular flexibility index (Phi) is 4.34. The molecule has 1 amide bonds. The van der Waals surface area contributed by atoms with Gasteiger partial charge >= 0.3 is 6.09 Å². The summed E-state index contributed by atoms with van der Waals surface area (Å²) in [6, 6.07) is 1.72. The molecular formula is C11H19N3O2. The van der Waals surface area contributed by atoms with Crippen molar-refractivity contribution in [2.45, 2.75) is 20.8 Å². The van der Waals surface area contributed by atoms with Gasteiger partial charge < -0.3 is 4.74 Å². The van der Waals surface area contributed by atoms with Crippen molar-refractivity contribution in [1.29, 1.82) is 0 Å². The SMILES string of the molecule is CC(C)[C@H](C)COC(=O)Nc1ccn(C)n1. The molecule has 0 bridgehead atoms. The van der Waals surface area contributed by atoms with Crippen LogP contribution in [0.3, 0.4) is 0 Å². The summed E-state index contributed by atoms with van der Waals surface area (Å²) in [6.07, 6.45) is 1.30. The van der Waals surface area contributed by atoms with E-state index in [0.29, 0.717) is 24.3 Å². The fraction of sp³-hybridized carbons (Fsp3) is 0.636. The third-order valence-electron chi connectivity index (χ3n) is 2.56. The molecule has 1 rings (SSSR count). The second kappa shape index (κ2) is 5.53. The summed E-state index contributed by atoms with van der Waals surface area (Å²) in [4.78, 5) is 11.4. The molecular weight excluding hydrogens is 206 g/mol. The number of aryl methyl sites for hydroxylation is 1. The minimum atomic E-state index is -0.453. The number of aromatic nitrogens is 2. The average molecular weight is 225 g/mol. The predicted molar refractivity (Wildman–Crippen MR) is 62.2 cm³/mol. The molecule has 0 aliphatic rings. The molecule has 0 aliphatic heterocycles. The number of rotatable bonds is 4. The van der Waals surface area contributed by atoms with Gasteiger partial charge in [-0.05, 0) is 11.8 Å². The van der Waals surface area contributed by atoms with Crippen LogP contribution in [0.5, 0.6) is 0 Å². The number of ether oxygens (including phenoxy) is 1. The third-order valence-corrected chi connectivity index (χ3v) is 2.56. The van der Waals surface area contributed by atoms with Crippen molar-refractivity contribution in [2.24, 2.45) is 18.9 Å². The molecule has 90 valence electrons. The number of hydrogen-bond donors (Lipinski definition) is 1. The summed E-state index contributed by atoms with van der Waals surface area (Å²) in [7, 11) is 1.79. The van der Waals surface area contributed by atoms with Crippen LogP contribution in [0.4, 0.5) is 10.6 Å². The predicted octanol–water partition coefficient (Wildman–Crippen LogP) is 2.26. The van der Waals surface area contributed by atoms with Crippen molar-refractivity contribution in [3.8, 4) is 0 Å². The molecule has 1 atom stereocenters. The molecule has 0 radical (unpaired) electrons. The van der Waals surface area contributed by atoms with Gasteiger partial charge in [-0.3, -0.25) is 10.00 Å². The fourth-order valence-corrected chi connectivity index (χ4v) is 1.02. The average Bonchev–Trinajstić information content (AvgIpc) is 2.60. The van der Waals surface area contributed by atoms with Crippen LogP contribution in [0.2, 0.25) is 0 Å². The van der Waals surface area contributed by atoms with Gasteiger partial charge in [0.2, 0.25) is 0 Å². The highest BCUT2D eigenvalue weighted by atomic mass is 16.5. The van der Waals surface area contributed by atoms with Gasteiger partial charge in [0.1, 0.15) is 0 Å². The second-order valence-corrected chi connectivity index (χ2v) is 4.32. The Morgan fingerprint density at radius 1 is 1.56 bits per heavy atom. The van der Waals surface area contributed by atoms with Crippen LogP contribution in [0, 0.1) is 11.8 Å². The zero-order valence-corrected chi connectivity index (χ0v) is 10.2. The van der Waals surface area contributed by atoms with Gasteiger partial charge in [0.05, 0.1) is 6.61 Å². The molecule has 0 aliphatic carbocycles. The maximum absolute atomic E-state index is 11.4. The first-order chi connectivity index (χ1) is 7.49. The van der Waals surface area contributed by atoms with E-state index in [0.717, 1.165) is 0 Å². The zero-order valence-electron chi connectivity index (χ0n) is 10.2. The number of nitrogens with one attached hydrogen (secondary N) is 1. The molecule has 5 heteroatoms. The molecule has 0 saturated heterocycles. The molecule has 0 spiro atoms. The molecule has 1 aromatic heterocycles. The Bertz CT molecular complexity index is 347. The quantitative estimate of drug-likeness (QED) is 0.855. The lowest BCUT2D eigenvalue weighted by molar-refractivity contribution is 0.133. The number of hydrogen-bond acceptors (Lipinski definition) is 3. The molecule has 0 saturated carbocycles. The van der Waals surface area contributed by atoms with Crippen molar-refractivity contribution in [1.82, 2.24) is 9.78 Å². The maximum atomic E-state index is 11.4. The van der Waals surface area contributed by atoms with E-state index in [2.05, 4.69) is 31.2 Å². The van der Waals surface area contributed by atoms with Gasteiger partial charge in [0.15, 0.2) is 5.82 Å². The van der Waals surface area contributed by atoms with Crippen LogP contribution in [-0.4, -0.2) is 22.5 Å². The standard InChI is InChI=1S/C11H19N3O2/c1-8(2)9(3)7-16-11(15)12-10-5-6-14(4)13-10/h5-6,8-9H,7H2,1-4H3,(H,12,13,15)/t9-/m1/s1. The normalized spacial score (nSPS) is 12.6. The van der Waals surface area contributed by atoms with Crippen molar-refractivity contribution in [2.75, 3.05) is 11.9 Å². The van der Waals surface area contributed by atoms with E-state index in [4.69, 9.17) is 4.74 Å². The van der Waals surface area contributed by atoms with Gasteiger partial charge in [-0.2, -0.15) is 5.10 Å². The number of nitrogens with zero attached hydrogens (tertiary/aromatic N) is 2. The monoisotopic (exact) mass is 225 g/mol. The highest BCUT2D eigenvalue weighted by Crippen LogP contribution is 2.10. The molecule has 1 N–H and O–H groups in total. The van der Waals surface area contributed by atoms with E-state index in [1.807, 2.05) is 0 Å². The van der Waals surface area contributed by atoms with Crippen LogP contribution in [-0.2, 0) is 11.8 Å². The largest absolute Gasteiger partial charge is 0.449 e. The van der Waals surface area contributed by atoms with Gasteiger partial charge in [-0.1, -0.05) is 20.8 Å². The first-order valence-corrected chi connectivity index (χ1v) is 5.42. The van der Waals surface area contributed by atoms with Gasteiger partial charge in [0, 0.05) is 19.3 Å². The lowest BCUT2D eigenvalue weighted by Crippen LogP contribution is -2.20. The van der Waals surface area contributed by atoms with Crippen molar-refractivity contribution >= 4 is 11.9 Å². The Morgan fingerprint density at radius 3 is 2.75 bits per heavy atom. The van der Waals surface area contributed by atoms with E-state index >= 15 is 0 Å². The van der Waals surface area contributed by atoms with Crippen LogP contribution in [0.1, 0.15) is 20.8 Å². The summed E-state index contributed by atoms with van der Waals surface area (Å²) in [5, 5.41) is 6.58. The fourth-order valence-electron chi connectivity index (χ4n) is 1.02. The van der Waals surface area contributed by atoms with E-state index < -0.39 is 6.09 Å². The van der Waals surface area contributed by atoms with E-state index in [1.165, 1.54) is 0 Å². The molecule has 0 unspecified atom stereocenters. The molecule has 1 heterocycles. The summed E-state index contributed by atoms with van der Waals surface area (Å²) < 4.78 is 6.70. The summed E-state index contributed by atoms with van der Waals surface area (Å²) >= 11 is 0. The van der Waals surface area contributed by atoms with Crippen LogP contribution in [0.25, 0.3) is 0 Å². The van der Waals surface area contributed by atoms with Gasteiger partial charge in [0.25, 0.3) is 0 Å². The number of anilines is 1. The minimum Gasteiger partial charge on any atom is -0.449 e. The second-order valence-electron chi connectivity index (χ2n) is 4.32. The Balaban J connectivity index is 2.31. The van der Waals surface area contributed by atoms with E-state index in [1.54, 1.807) is 24.0 Å². The van der Waals surface area contributed by atoms with Crippen molar-refractivity contribution in [3.05, 3.63) is 12.3 Å². The molecule has 0 aromatic carbocycles. The first kappa shape index (κ1) is 12.5. The Labute approximate surface area is 95.8 Å². The summed E-state index contributed by atoms with van der Waals surface area (Å²) in [5.74, 6) is 1.36. The number of carbonyl (C=O) groups is 1. The van der Waals surface area contributed by atoms with Gasteiger partial charge in [-0.15, -0.1) is 0 Å². The molecule has 0 fully saturated rings. The highest BCUT2D eigenvalue weighted by Gasteiger charge is 2.11. The maximum Gasteiger partial charge on any atom is 0.412 e. The Hall–Kier alpha value is -1.52. The van der Waals surface area contributed by atoms with Crippen molar-refractivity contribution in [3.63, 3.8) is 0 Å². The molecule has 16 heavy (non-hydrogen) atoms. The topological polar surface area (TPSA) is 56.1 Å². The third kappa shape index (κ3) is 3.92. The lowest BCUT2D eigenvalue weighted by Gasteiger charge is -2.15. The van der Waals surface area contributed by atoms with E-state index in [-0.39, 0.29) is 0 Å². The lowest BCUT2D eigenvalue weighted by atomic mass is 10.00. The summed E-state index contributed by atoms with van der Waals surface area (Å²) in [6.45, 7) is 6.68. The highest BCUT2D eigenvalue weighted by molar-refractivity contribution is 5.83. The van der Waals surface area contributed by atoms with Gasteiger partial charge in [-0.25, -0.2) is 4.79 Å². The first-order valence-electron chi connectivity index (χ1n) is 5.42. The van der Waals surface area contributed by atoms with Crippen molar-refractivity contribution < 1.29 is 9.53 Å². The zero-order chi connectivity index (χ0) is 12.1. The Morgan fingerprint density at radius 2 is 2.25 bits per heavy atom.